The maximum atomic E-state index is 12.6. The summed E-state index contributed by atoms with van der Waals surface area (Å²) in [5.41, 5.74) is -0.0466. The summed E-state index contributed by atoms with van der Waals surface area (Å²) in [6.07, 6.45) is -3.64. The quantitative estimate of drug-likeness (QED) is 0.931. The van der Waals surface area contributed by atoms with Crippen LogP contribution in [0.15, 0.2) is 36.4 Å². The second-order valence-corrected chi connectivity index (χ2v) is 5.09. The van der Waals surface area contributed by atoms with Crippen LogP contribution in [0.5, 0.6) is 11.5 Å². The highest BCUT2D eigenvalue weighted by Crippen LogP contribution is 2.31. The summed E-state index contributed by atoms with van der Waals surface area (Å²) in [4.78, 5) is 3.57. The molecule has 0 fully saturated rings. The molecule has 1 aromatic carbocycles. The third-order valence-electron chi connectivity index (χ3n) is 3.33. The normalized spacial score (nSPS) is 14.2. The molecule has 0 unspecified atom stereocenters. The van der Waals surface area contributed by atoms with Crippen molar-refractivity contribution in [3.8, 4) is 11.5 Å². The smallest absolute Gasteiger partial charge is 0.433 e. The van der Waals surface area contributed by atoms with E-state index in [2.05, 4.69) is 10.3 Å². The molecule has 122 valence electrons. The Hall–Kier alpha value is -2.44. The van der Waals surface area contributed by atoms with Gasteiger partial charge in [-0.25, -0.2) is 4.98 Å². The second-order valence-electron chi connectivity index (χ2n) is 5.09. The molecule has 2 aromatic rings. The van der Waals surface area contributed by atoms with Crippen LogP contribution in [-0.4, -0.2) is 18.2 Å². The van der Waals surface area contributed by atoms with E-state index in [4.69, 9.17) is 9.47 Å². The van der Waals surface area contributed by atoms with Gasteiger partial charge >= 0.3 is 6.18 Å². The van der Waals surface area contributed by atoms with Crippen LogP contribution in [-0.2, 0) is 12.7 Å². The predicted octanol–water partition coefficient (Wildman–Crippen LogP) is 3.87. The number of ether oxygens (including phenoxy) is 2. The summed E-state index contributed by atoms with van der Waals surface area (Å²) >= 11 is 0. The summed E-state index contributed by atoms with van der Waals surface area (Å²) in [5.74, 6) is 1.51. The van der Waals surface area contributed by atoms with Crippen molar-refractivity contribution in [3.05, 3.63) is 47.7 Å². The molecule has 0 aliphatic carbocycles. The monoisotopic (exact) mass is 324 g/mol. The minimum absolute atomic E-state index is 0.173. The van der Waals surface area contributed by atoms with Gasteiger partial charge in [-0.3, -0.25) is 0 Å². The van der Waals surface area contributed by atoms with E-state index in [1.165, 1.54) is 12.1 Å². The molecule has 7 heteroatoms. The van der Waals surface area contributed by atoms with E-state index >= 15 is 0 Å². The topological polar surface area (TPSA) is 43.4 Å². The van der Waals surface area contributed by atoms with Crippen LogP contribution >= 0.6 is 0 Å². The van der Waals surface area contributed by atoms with Crippen LogP contribution < -0.4 is 14.8 Å². The van der Waals surface area contributed by atoms with Gasteiger partial charge in [0.25, 0.3) is 0 Å². The minimum atomic E-state index is -4.45. The van der Waals surface area contributed by atoms with Gasteiger partial charge in [0.05, 0.1) is 13.2 Å². The van der Waals surface area contributed by atoms with Gasteiger partial charge < -0.3 is 14.8 Å². The first-order valence-corrected chi connectivity index (χ1v) is 7.19. The van der Waals surface area contributed by atoms with Crippen LogP contribution in [0.25, 0.3) is 0 Å². The van der Waals surface area contributed by atoms with E-state index in [9.17, 15) is 13.2 Å². The van der Waals surface area contributed by atoms with Crippen molar-refractivity contribution in [1.29, 1.82) is 0 Å². The number of hydrogen-bond donors (Lipinski definition) is 1. The van der Waals surface area contributed by atoms with Crippen molar-refractivity contribution >= 4 is 5.82 Å². The number of anilines is 1. The highest BCUT2D eigenvalue weighted by Gasteiger charge is 2.32. The van der Waals surface area contributed by atoms with E-state index in [0.29, 0.717) is 31.3 Å². The largest absolute Gasteiger partial charge is 0.490 e. The number of aromatic nitrogens is 1. The molecule has 1 aromatic heterocycles. The Labute approximate surface area is 131 Å². The number of fused-ring (bicyclic) bond motifs is 1. The van der Waals surface area contributed by atoms with Crippen molar-refractivity contribution < 1.29 is 22.6 Å². The van der Waals surface area contributed by atoms with Crippen molar-refractivity contribution in [2.24, 2.45) is 0 Å². The molecule has 2 heterocycles. The first-order valence-electron chi connectivity index (χ1n) is 7.19. The number of benzene rings is 1. The zero-order valence-corrected chi connectivity index (χ0v) is 12.2. The summed E-state index contributed by atoms with van der Waals surface area (Å²) < 4.78 is 49.0. The number of nitrogens with one attached hydrogen (secondary N) is 1. The minimum Gasteiger partial charge on any atom is -0.490 e. The molecule has 0 amide bonds. The standard InChI is InChI=1S/C16H15F3N2O2/c17-16(18,19)14-3-1-4-15(21-14)20-10-11-5-6-12-13(9-11)23-8-2-7-22-12/h1,3-6,9H,2,7-8,10H2,(H,20,21). The van der Waals surface area contributed by atoms with Gasteiger partial charge in [-0.1, -0.05) is 12.1 Å². The van der Waals surface area contributed by atoms with Gasteiger partial charge in [-0.05, 0) is 29.8 Å². The Morgan fingerprint density at radius 1 is 1.04 bits per heavy atom. The Bertz CT molecular complexity index is 689. The zero-order valence-electron chi connectivity index (χ0n) is 12.2. The molecule has 3 rings (SSSR count). The lowest BCUT2D eigenvalue weighted by Crippen LogP contribution is -2.10. The van der Waals surface area contributed by atoms with Crippen molar-refractivity contribution in [1.82, 2.24) is 4.98 Å². The molecule has 1 aliphatic rings. The highest BCUT2D eigenvalue weighted by atomic mass is 19.4. The van der Waals surface area contributed by atoms with Gasteiger partial charge in [-0.2, -0.15) is 13.2 Å². The SMILES string of the molecule is FC(F)(F)c1cccc(NCc2ccc3c(c2)OCCCO3)n1. The van der Waals surface area contributed by atoms with Crippen molar-refractivity contribution in [3.63, 3.8) is 0 Å². The average molecular weight is 324 g/mol. The van der Waals surface area contributed by atoms with E-state index in [-0.39, 0.29) is 5.82 Å². The van der Waals surface area contributed by atoms with Crippen molar-refractivity contribution in [2.75, 3.05) is 18.5 Å². The summed E-state index contributed by atoms with van der Waals surface area (Å²) in [7, 11) is 0. The molecule has 0 saturated heterocycles. The molecule has 0 spiro atoms. The summed E-state index contributed by atoms with van der Waals surface area (Å²) in [6.45, 7) is 1.53. The lowest BCUT2D eigenvalue weighted by molar-refractivity contribution is -0.141. The number of rotatable bonds is 3. The fourth-order valence-corrected chi connectivity index (χ4v) is 2.20. The van der Waals surface area contributed by atoms with E-state index in [1.54, 1.807) is 6.07 Å². The molecule has 0 atom stereocenters. The maximum absolute atomic E-state index is 12.6. The van der Waals surface area contributed by atoms with Crippen LogP contribution in [0.2, 0.25) is 0 Å². The van der Waals surface area contributed by atoms with Gasteiger partial charge in [0.2, 0.25) is 0 Å². The Morgan fingerprint density at radius 3 is 2.61 bits per heavy atom. The third kappa shape index (κ3) is 3.85. The molecule has 23 heavy (non-hydrogen) atoms. The number of hydrogen-bond acceptors (Lipinski definition) is 4. The number of alkyl halides is 3. The molecule has 1 aliphatic heterocycles. The number of halogens is 3. The first-order chi connectivity index (χ1) is 11.0. The van der Waals surface area contributed by atoms with Gasteiger partial charge in [0.15, 0.2) is 11.5 Å². The average Bonchev–Trinajstić information content (AvgIpc) is 2.77. The number of nitrogens with zero attached hydrogens (tertiary/aromatic N) is 1. The molecular formula is C16H15F3N2O2. The molecule has 1 N–H and O–H groups in total. The number of pyridine rings is 1. The lowest BCUT2D eigenvalue weighted by atomic mass is 10.2. The zero-order chi connectivity index (χ0) is 16.3. The highest BCUT2D eigenvalue weighted by molar-refractivity contribution is 5.45. The summed E-state index contributed by atoms with van der Waals surface area (Å²) in [6, 6.07) is 9.23. The second kappa shape index (κ2) is 6.36. The Kier molecular flexibility index (Phi) is 4.27. The predicted molar refractivity (Wildman–Crippen MR) is 78.6 cm³/mol. The lowest BCUT2D eigenvalue weighted by Gasteiger charge is -2.11. The van der Waals surface area contributed by atoms with Crippen molar-refractivity contribution in [2.45, 2.75) is 19.1 Å². The van der Waals surface area contributed by atoms with E-state index in [0.717, 1.165) is 18.1 Å². The van der Waals surface area contributed by atoms with E-state index < -0.39 is 11.9 Å². The fraction of sp³-hybridized carbons (Fsp3) is 0.312. The fourth-order valence-electron chi connectivity index (χ4n) is 2.20. The molecule has 4 nitrogen and oxygen atoms in total. The Morgan fingerprint density at radius 2 is 1.83 bits per heavy atom. The van der Waals surface area contributed by atoms with Gasteiger partial charge in [0, 0.05) is 13.0 Å². The Balaban J connectivity index is 1.70. The van der Waals surface area contributed by atoms with Gasteiger partial charge in [-0.15, -0.1) is 0 Å². The molecule has 0 saturated carbocycles. The first kappa shape index (κ1) is 15.5. The van der Waals surface area contributed by atoms with Crippen LogP contribution in [0.1, 0.15) is 17.7 Å². The van der Waals surface area contributed by atoms with E-state index in [1.807, 2.05) is 12.1 Å². The summed E-state index contributed by atoms with van der Waals surface area (Å²) in [5, 5.41) is 2.89. The van der Waals surface area contributed by atoms with Crippen LogP contribution in [0.3, 0.4) is 0 Å². The third-order valence-corrected chi connectivity index (χ3v) is 3.33. The van der Waals surface area contributed by atoms with Crippen LogP contribution in [0.4, 0.5) is 19.0 Å². The molecular weight excluding hydrogens is 309 g/mol. The van der Waals surface area contributed by atoms with Crippen LogP contribution in [0, 0.1) is 0 Å². The molecule has 0 bridgehead atoms. The maximum Gasteiger partial charge on any atom is 0.433 e. The molecule has 0 radical (unpaired) electrons. The van der Waals surface area contributed by atoms with Gasteiger partial charge in [0.1, 0.15) is 11.5 Å².